The summed E-state index contributed by atoms with van der Waals surface area (Å²) in [6.45, 7) is 2.79. The number of carbonyl (C=O) groups excluding carboxylic acids is 2. The minimum atomic E-state index is -0.131. The number of hydrogen-bond acceptors (Lipinski definition) is 4. The number of likely N-dealkylation sites (N-methyl/N-ethyl adjacent to an activating group) is 1. The van der Waals surface area contributed by atoms with E-state index in [1.165, 1.54) is 0 Å². The van der Waals surface area contributed by atoms with Crippen molar-refractivity contribution in [2.75, 3.05) is 51.8 Å². The number of ether oxygens (including phenoxy) is 1. The predicted octanol–water partition coefficient (Wildman–Crippen LogP) is 1.57. The topological polar surface area (TPSA) is 61.9 Å². The normalized spacial score (nSPS) is 14.7. The lowest BCUT2D eigenvalue weighted by Gasteiger charge is -2.28. The van der Waals surface area contributed by atoms with E-state index in [1.54, 1.807) is 16.8 Å². The number of nitrogens with one attached hydrogen (secondary N) is 1. The number of amides is 2. The average Bonchev–Trinajstić information content (AvgIpc) is 2.62. The Morgan fingerprint density at radius 3 is 2.60 bits per heavy atom. The van der Waals surface area contributed by atoms with Crippen LogP contribution in [-0.4, -0.2) is 68.1 Å². The monoisotopic (exact) mass is 341 g/mol. The van der Waals surface area contributed by atoms with E-state index in [4.69, 9.17) is 4.74 Å². The van der Waals surface area contributed by atoms with Crippen LogP contribution in [0.5, 0.6) is 0 Å². The molecular weight excluding hydrogens is 318 g/mol. The molecule has 1 heterocycles. The molecule has 6 nitrogen and oxygen atoms in total. The van der Waals surface area contributed by atoms with Crippen molar-refractivity contribution in [3.63, 3.8) is 0 Å². The molecule has 0 spiro atoms. The van der Waals surface area contributed by atoms with Crippen molar-refractivity contribution in [1.29, 1.82) is 0 Å². The maximum absolute atomic E-state index is 12.3. The van der Waals surface area contributed by atoms with E-state index in [2.05, 4.69) is 5.32 Å². The molecule has 1 aliphatic heterocycles. The summed E-state index contributed by atoms with van der Waals surface area (Å²) in [5.41, 5.74) is 0.788. The SMILES string of the molecule is CN(CC(=O)Nc1cccc2ccccc12)CC(=O)N1CCOCC1. The molecule has 1 N–H and O–H groups in total. The number of fused-ring (bicyclic) bond motifs is 1. The number of anilines is 1. The molecular formula is C19H23N3O3. The zero-order valence-electron chi connectivity index (χ0n) is 14.4. The molecule has 0 bridgehead atoms. The van der Waals surface area contributed by atoms with Crippen molar-refractivity contribution in [3.05, 3.63) is 42.5 Å². The molecule has 25 heavy (non-hydrogen) atoms. The Kier molecular flexibility index (Phi) is 5.63. The molecule has 0 radical (unpaired) electrons. The van der Waals surface area contributed by atoms with Crippen LogP contribution in [0.4, 0.5) is 5.69 Å². The lowest BCUT2D eigenvalue weighted by Crippen LogP contribution is -2.46. The van der Waals surface area contributed by atoms with Crippen molar-refractivity contribution < 1.29 is 14.3 Å². The Balaban J connectivity index is 1.55. The van der Waals surface area contributed by atoms with Crippen molar-refractivity contribution in [1.82, 2.24) is 9.80 Å². The molecule has 2 aromatic rings. The van der Waals surface area contributed by atoms with Gasteiger partial charge in [-0.2, -0.15) is 0 Å². The second-order valence-electron chi connectivity index (χ2n) is 6.24. The third-order valence-electron chi connectivity index (χ3n) is 4.25. The maximum atomic E-state index is 12.3. The molecule has 1 aliphatic rings. The number of rotatable bonds is 5. The quantitative estimate of drug-likeness (QED) is 0.897. The summed E-state index contributed by atoms with van der Waals surface area (Å²) >= 11 is 0. The van der Waals surface area contributed by atoms with Crippen molar-refractivity contribution in [2.24, 2.45) is 0 Å². The molecule has 1 fully saturated rings. The molecule has 6 heteroatoms. The Bertz CT molecular complexity index is 751. The molecule has 2 amide bonds. The fourth-order valence-electron chi connectivity index (χ4n) is 2.97. The summed E-state index contributed by atoms with van der Waals surface area (Å²) < 4.78 is 5.25. The summed E-state index contributed by atoms with van der Waals surface area (Å²) in [4.78, 5) is 28.1. The van der Waals surface area contributed by atoms with Crippen LogP contribution in [0.2, 0.25) is 0 Å². The van der Waals surface area contributed by atoms with Crippen LogP contribution < -0.4 is 5.32 Å². The molecule has 3 rings (SSSR count). The van der Waals surface area contributed by atoms with Crippen LogP contribution in [0.1, 0.15) is 0 Å². The standard InChI is InChI=1S/C19H23N3O3/c1-21(14-19(24)22-9-11-25-12-10-22)13-18(23)20-17-8-4-6-15-5-2-3-7-16(15)17/h2-8H,9-14H2,1H3,(H,20,23). The first-order valence-electron chi connectivity index (χ1n) is 8.45. The fraction of sp³-hybridized carbons (Fsp3) is 0.368. The van der Waals surface area contributed by atoms with Gasteiger partial charge in [-0.1, -0.05) is 36.4 Å². The van der Waals surface area contributed by atoms with Crippen molar-refractivity contribution in [2.45, 2.75) is 0 Å². The molecule has 0 aromatic heterocycles. The lowest BCUT2D eigenvalue weighted by atomic mass is 10.1. The highest BCUT2D eigenvalue weighted by atomic mass is 16.5. The second-order valence-corrected chi connectivity index (χ2v) is 6.24. The number of hydrogen-bond donors (Lipinski definition) is 1. The molecule has 132 valence electrons. The summed E-state index contributed by atoms with van der Waals surface area (Å²) in [6.07, 6.45) is 0. The minimum absolute atomic E-state index is 0.0313. The number of morpholine rings is 1. The van der Waals surface area contributed by atoms with Crippen molar-refractivity contribution >= 4 is 28.3 Å². The van der Waals surface area contributed by atoms with Gasteiger partial charge in [-0.15, -0.1) is 0 Å². The number of carbonyl (C=O) groups is 2. The zero-order valence-corrected chi connectivity index (χ0v) is 14.4. The molecule has 1 saturated heterocycles. The predicted molar refractivity (Wildman–Crippen MR) is 97.5 cm³/mol. The van der Waals surface area contributed by atoms with Gasteiger partial charge in [0.1, 0.15) is 0 Å². The van der Waals surface area contributed by atoms with Gasteiger partial charge in [-0.25, -0.2) is 0 Å². The van der Waals surface area contributed by atoms with Gasteiger partial charge >= 0.3 is 0 Å². The van der Waals surface area contributed by atoms with Gasteiger partial charge in [0.15, 0.2) is 0 Å². The van der Waals surface area contributed by atoms with Crippen LogP contribution in [0.15, 0.2) is 42.5 Å². The Morgan fingerprint density at radius 2 is 1.80 bits per heavy atom. The van der Waals surface area contributed by atoms with E-state index in [-0.39, 0.29) is 24.9 Å². The maximum Gasteiger partial charge on any atom is 0.238 e. The first-order valence-corrected chi connectivity index (χ1v) is 8.45. The van der Waals surface area contributed by atoms with Gasteiger partial charge < -0.3 is 15.0 Å². The van der Waals surface area contributed by atoms with Crippen LogP contribution in [0.25, 0.3) is 10.8 Å². The van der Waals surface area contributed by atoms with Gasteiger partial charge in [-0.05, 0) is 18.5 Å². The van der Waals surface area contributed by atoms with E-state index in [9.17, 15) is 9.59 Å². The van der Waals surface area contributed by atoms with E-state index in [1.807, 2.05) is 42.5 Å². The molecule has 0 saturated carbocycles. The molecule has 0 atom stereocenters. The third-order valence-corrected chi connectivity index (χ3v) is 4.25. The largest absolute Gasteiger partial charge is 0.378 e. The minimum Gasteiger partial charge on any atom is -0.378 e. The van der Waals surface area contributed by atoms with Gasteiger partial charge in [0.05, 0.1) is 26.3 Å². The highest BCUT2D eigenvalue weighted by Gasteiger charge is 2.19. The van der Waals surface area contributed by atoms with Crippen LogP contribution >= 0.6 is 0 Å². The van der Waals surface area contributed by atoms with Crippen LogP contribution in [0.3, 0.4) is 0 Å². The highest BCUT2D eigenvalue weighted by Crippen LogP contribution is 2.22. The summed E-state index contributed by atoms with van der Waals surface area (Å²) in [5, 5.41) is 5.03. The van der Waals surface area contributed by atoms with Gasteiger partial charge in [0.25, 0.3) is 0 Å². The average molecular weight is 341 g/mol. The Morgan fingerprint density at radius 1 is 1.08 bits per heavy atom. The van der Waals surface area contributed by atoms with E-state index >= 15 is 0 Å². The van der Waals surface area contributed by atoms with E-state index in [0.717, 1.165) is 16.5 Å². The van der Waals surface area contributed by atoms with Crippen molar-refractivity contribution in [3.8, 4) is 0 Å². The summed E-state index contributed by atoms with van der Waals surface area (Å²) in [7, 11) is 1.78. The summed E-state index contributed by atoms with van der Waals surface area (Å²) in [6, 6.07) is 13.7. The Hall–Kier alpha value is -2.44. The lowest BCUT2D eigenvalue weighted by molar-refractivity contribution is -0.136. The summed E-state index contributed by atoms with van der Waals surface area (Å²) in [5.74, 6) is -0.0996. The number of benzene rings is 2. The first-order chi connectivity index (χ1) is 12.1. The molecule has 0 unspecified atom stereocenters. The smallest absolute Gasteiger partial charge is 0.238 e. The number of nitrogens with zero attached hydrogens (tertiary/aromatic N) is 2. The molecule has 2 aromatic carbocycles. The third kappa shape index (κ3) is 4.55. The van der Waals surface area contributed by atoms with E-state index in [0.29, 0.717) is 26.3 Å². The van der Waals surface area contributed by atoms with E-state index < -0.39 is 0 Å². The molecule has 0 aliphatic carbocycles. The zero-order chi connectivity index (χ0) is 17.6. The van der Waals surface area contributed by atoms with Gasteiger partial charge in [0.2, 0.25) is 11.8 Å². The Labute approximate surface area is 147 Å². The van der Waals surface area contributed by atoms with Gasteiger partial charge in [-0.3, -0.25) is 14.5 Å². The van der Waals surface area contributed by atoms with Crippen LogP contribution in [-0.2, 0) is 14.3 Å². The first kappa shape index (κ1) is 17.4. The fourth-order valence-corrected chi connectivity index (χ4v) is 2.97. The van der Waals surface area contributed by atoms with Crippen LogP contribution in [0, 0.1) is 0 Å². The highest BCUT2D eigenvalue weighted by molar-refractivity contribution is 6.02. The second kappa shape index (κ2) is 8.09. The van der Waals surface area contributed by atoms with Gasteiger partial charge in [0, 0.05) is 24.2 Å².